The summed E-state index contributed by atoms with van der Waals surface area (Å²) >= 11 is 0. The van der Waals surface area contributed by atoms with Crippen LogP contribution in [-0.4, -0.2) is 55.2 Å². The van der Waals surface area contributed by atoms with E-state index in [1.807, 2.05) is 0 Å². The number of carbonyl (C=O) groups is 5. The second kappa shape index (κ2) is 11.9. The van der Waals surface area contributed by atoms with Crippen LogP contribution in [0.25, 0.3) is 0 Å². The van der Waals surface area contributed by atoms with Crippen LogP contribution in [0, 0.1) is 5.92 Å². The summed E-state index contributed by atoms with van der Waals surface area (Å²) in [7, 11) is 0. The molecule has 0 aliphatic heterocycles. The van der Waals surface area contributed by atoms with Crippen LogP contribution in [0.4, 0.5) is 0 Å². The third-order valence-electron chi connectivity index (χ3n) is 4.00. The predicted molar refractivity (Wildman–Crippen MR) is 97.0 cm³/mol. The summed E-state index contributed by atoms with van der Waals surface area (Å²) in [5.74, 6) is -1.51. The lowest BCUT2D eigenvalue weighted by Gasteiger charge is -2.17. The van der Waals surface area contributed by atoms with Crippen molar-refractivity contribution >= 4 is 29.5 Å². The highest BCUT2D eigenvalue weighted by molar-refractivity contribution is 5.91. The molecule has 0 bridgehead atoms. The number of hydrogen-bond donors (Lipinski definition) is 5. The molecule has 0 unspecified atom stereocenters. The third kappa shape index (κ3) is 11.6. The van der Waals surface area contributed by atoms with Crippen molar-refractivity contribution in [3.05, 3.63) is 0 Å². The number of nitrogens with two attached hydrogens (primary N) is 1. The smallest absolute Gasteiger partial charge is 0.243 e. The van der Waals surface area contributed by atoms with Crippen molar-refractivity contribution in [2.45, 2.75) is 51.5 Å². The average molecular weight is 383 g/mol. The number of carbonyl (C=O) groups excluding carboxylic acids is 5. The highest BCUT2D eigenvalue weighted by Crippen LogP contribution is 2.33. The van der Waals surface area contributed by atoms with E-state index in [4.69, 9.17) is 5.73 Å². The molecule has 0 aromatic rings. The molecule has 1 aliphatic rings. The predicted octanol–water partition coefficient (Wildman–Crippen LogP) is -1.70. The minimum atomic E-state index is -0.647. The van der Waals surface area contributed by atoms with E-state index in [0.717, 1.165) is 12.8 Å². The molecule has 0 aromatic carbocycles. The van der Waals surface area contributed by atoms with E-state index in [9.17, 15) is 24.0 Å². The maximum absolute atomic E-state index is 12.1. The van der Waals surface area contributed by atoms with Gasteiger partial charge in [0.05, 0.1) is 13.1 Å². The highest BCUT2D eigenvalue weighted by atomic mass is 16.2. The Labute approximate surface area is 158 Å². The fourth-order valence-electron chi connectivity index (χ4n) is 2.41. The van der Waals surface area contributed by atoms with Crippen molar-refractivity contribution in [1.29, 1.82) is 0 Å². The summed E-state index contributed by atoms with van der Waals surface area (Å²) in [4.78, 5) is 57.2. The Bertz CT molecular complexity index is 562. The van der Waals surface area contributed by atoms with Gasteiger partial charge in [0.2, 0.25) is 29.5 Å². The first-order valence-corrected chi connectivity index (χ1v) is 9.14. The van der Waals surface area contributed by atoms with Crippen molar-refractivity contribution in [3.63, 3.8) is 0 Å². The van der Waals surface area contributed by atoms with Gasteiger partial charge in [-0.15, -0.1) is 0 Å². The van der Waals surface area contributed by atoms with E-state index < -0.39 is 17.9 Å². The van der Waals surface area contributed by atoms with Crippen LogP contribution in [0.3, 0.4) is 0 Å². The Morgan fingerprint density at radius 2 is 1.59 bits per heavy atom. The molecular formula is C17H29N5O5. The SMILES string of the molecule is CC(=O)N[C@@H](CC1CC1)C(=O)NCC(=O)NCC(=O)NCCCCC(N)=O. The van der Waals surface area contributed by atoms with Gasteiger partial charge in [-0.25, -0.2) is 0 Å². The molecule has 1 rings (SSSR count). The van der Waals surface area contributed by atoms with Crippen molar-refractivity contribution in [3.8, 4) is 0 Å². The lowest BCUT2D eigenvalue weighted by molar-refractivity contribution is -0.130. The van der Waals surface area contributed by atoms with E-state index in [1.54, 1.807) is 0 Å². The summed E-state index contributed by atoms with van der Waals surface area (Å²) in [5.41, 5.74) is 5.01. The monoisotopic (exact) mass is 383 g/mol. The van der Waals surface area contributed by atoms with Gasteiger partial charge in [0.1, 0.15) is 6.04 Å². The van der Waals surface area contributed by atoms with Crippen LogP contribution in [0.15, 0.2) is 0 Å². The normalized spacial score (nSPS) is 14.0. The van der Waals surface area contributed by atoms with Crippen LogP contribution in [0.2, 0.25) is 0 Å². The Kier molecular flexibility index (Phi) is 9.84. The lowest BCUT2D eigenvalue weighted by Crippen LogP contribution is -2.49. The van der Waals surface area contributed by atoms with Crippen LogP contribution in [0.1, 0.15) is 45.4 Å². The molecule has 1 saturated carbocycles. The molecule has 152 valence electrons. The maximum Gasteiger partial charge on any atom is 0.243 e. The number of hydrogen-bond acceptors (Lipinski definition) is 5. The van der Waals surface area contributed by atoms with E-state index in [-0.39, 0.29) is 37.2 Å². The Hall–Kier alpha value is -2.65. The highest BCUT2D eigenvalue weighted by Gasteiger charge is 2.29. The number of rotatable bonds is 13. The molecule has 0 radical (unpaired) electrons. The molecule has 0 spiro atoms. The molecule has 10 nitrogen and oxygen atoms in total. The molecule has 5 amide bonds. The summed E-state index contributed by atoms with van der Waals surface area (Å²) in [6.07, 6.45) is 4.12. The second-order valence-electron chi connectivity index (χ2n) is 6.70. The fourth-order valence-corrected chi connectivity index (χ4v) is 2.41. The van der Waals surface area contributed by atoms with E-state index >= 15 is 0 Å². The average Bonchev–Trinajstić information content (AvgIpc) is 3.40. The van der Waals surface area contributed by atoms with Gasteiger partial charge in [0.15, 0.2) is 0 Å². The number of primary amides is 1. The molecule has 1 aliphatic carbocycles. The van der Waals surface area contributed by atoms with Gasteiger partial charge in [-0.1, -0.05) is 12.8 Å². The first kappa shape index (κ1) is 22.4. The molecule has 0 heterocycles. The summed E-state index contributed by atoms with van der Waals surface area (Å²) in [5, 5.41) is 10.1. The Morgan fingerprint density at radius 3 is 2.19 bits per heavy atom. The lowest BCUT2D eigenvalue weighted by atomic mass is 10.1. The first-order chi connectivity index (χ1) is 12.8. The van der Waals surface area contributed by atoms with Gasteiger partial charge in [-0.05, 0) is 25.2 Å². The topological polar surface area (TPSA) is 159 Å². The summed E-state index contributed by atoms with van der Waals surface area (Å²) in [6, 6.07) is -0.647. The van der Waals surface area contributed by atoms with Crippen molar-refractivity contribution < 1.29 is 24.0 Å². The van der Waals surface area contributed by atoms with Gasteiger partial charge in [-0.2, -0.15) is 0 Å². The Morgan fingerprint density at radius 1 is 0.963 bits per heavy atom. The molecule has 10 heteroatoms. The molecule has 1 fully saturated rings. The Balaban J connectivity index is 2.17. The summed E-state index contributed by atoms with van der Waals surface area (Å²) < 4.78 is 0. The minimum absolute atomic E-state index is 0.207. The molecule has 0 aromatic heterocycles. The fraction of sp³-hybridized carbons (Fsp3) is 0.706. The summed E-state index contributed by atoms with van der Waals surface area (Å²) in [6.45, 7) is 1.25. The molecule has 0 saturated heterocycles. The van der Waals surface area contributed by atoms with Crippen molar-refractivity contribution in [2.24, 2.45) is 11.7 Å². The quantitative estimate of drug-likeness (QED) is 0.239. The van der Waals surface area contributed by atoms with Crippen molar-refractivity contribution in [2.75, 3.05) is 19.6 Å². The van der Waals surface area contributed by atoms with Crippen LogP contribution < -0.4 is 27.0 Å². The van der Waals surface area contributed by atoms with Gasteiger partial charge < -0.3 is 27.0 Å². The first-order valence-electron chi connectivity index (χ1n) is 9.14. The zero-order valence-corrected chi connectivity index (χ0v) is 15.6. The van der Waals surface area contributed by atoms with Gasteiger partial charge >= 0.3 is 0 Å². The van der Waals surface area contributed by atoms with Gasteiger partial charge in [0, 0.05) is 19.9 Å². The van der Waals surface area contributed by atoms with Crippen LogP contribution >= 0.6 is 0 Å². The van der Waals surface area contributed by atoms with E-state index in [1.165, 1.54) is 6.92 Å². The molecule has 6 N–H and O–H groups in total. The van der Waals surface area contributed by atoms with Gasteiger partial charge in [0.25, 0.3) is 0 Å². The van der Waals surface area contributed by atoms with Crippen molar-refractivity contribution in [1.82, 2.24) is 21.3 Å². The van der Waals surface area contributed by atoms with E-state index in [0.29, 0.717) is 31.7 Å². The zero-order chi connectivity index (χ0) is 20.2. The minimum Gasteiger partial charge on any atom is -0.370 e. The number of amides is 5. The standard InChI is InChI=1S/C17H29N5O5/c1-11(23)22-13(8-12-5-6-12)17(27)21-10-16(26)20-9-15(25)19-7-3-2-4-14(18)24/h12-13H,2-10H2,1H3,(H2,18,24)(H,19,25)(H,20,26)(H,21,27)(H,22,23)/t13-/m0/s1. The third-order valence-corrected chi connectivity index (χ3v) is 4.00. The zero-order valence-electron chi connectivity index (χ0n) is 15.6. The largest absolute Gasteiger partial charge is 0.370 e. The van der Waals surface area contributed by atoms with Crippen LogP contribution in [0.5, 0.6) is 0 Å². The van der Waals surface area contributed by atoms with E-state index in [2.05, 4.69) is 21.3 Å². The molecule has 1 atom stereocenters. The van der Waals surface area contributed by atoms with Crippen LogP contribution in [-0.2, 0) is 24.0 Å². The second-order valence-corrected chi connectivity index (χ2v) is 6.70. The number of unbranched alkanes of at least 4 members (excludes halogenated alkanes) is 1. The van der Waals surface area contributed by atoms with Gasteiger partial charge in [-0.3, -0.25) is 24.0 Å². The maximum atomic E-state index is 12.1. The number of nitrogens with one attached hydrogen (secondary N) is 4. The molecule has 27 heavy (non-hydrogen) atoms. The molecular weight excluding hydrogens is 354 g/mol.